The van der Waals surface area contributed by atoms with Crippen LogP contribution < -0.4 is 5.73 Å². The number of ether oxygens (including phenoxy) is 1. The average molecular weight is 253 g/mol. The Morgan fingerprint density at radius 1 is 1.28 bits per heavy atom. The summed E-state index contributed by atoms with van der Waals surface area (Å²) in [4.78, 5) is 5.30. The van der Waals surface area contributed by atoms with Gasteiger partial charge in [0.1, 0.15) is 0 Å². The second kappa shape index (κ2) is 5.08. The summed E-state index contributed by atoms with van der Waals surface area (Å²) in [7, 11) is 0. The van der Waals surface area contributed by atoms with Crippen molar-refractivity contribution in [1.29, 1.82) is 0 Å². The van der Waals surface area contributed by atoms with Crippen LogP contribution in [0.4, 0.5) is 0 Å². The Morgan fingerprint density at radius 2 is 2.06 bits per heavy atom. The normalized spacial score (nSPS) is 43.0. The first-order valence-corrected chi connectivity index (χ1v) is 7.47. The summed E-state index contributed by atoms with van der Waals surface area (Å²) in [5.41, 5.74) is 6.35. The summed E-state index contributed by atoms with van der Waals surface area (Å²) in [6, 6.07) is 1.01. The molecule has 3 saturated heterocycles. The zero-order valence-electron chi connectivity index (χ0n) is 11.6. The zero-order valence-corrected chi connectivity index (χ0v) is 11.6. The summed E-state index contributed by atoms with van der Waals surface area (Å²) in [5, 5.41) is 0. The molecule has 0 amide bonds. The predicted molar refractivity (Wildman–Crippen MR) is 72.6 cm³/mol. The maximum Gasteiger partial charge on any atom is 0.0624 e. The topological polar surface area (TPSA) is 41.7 Å². The number of likely N-dealkylation sites (tertiary alicyclic amines) is 2. The predicted octanol–water partition coefficient (Wildman–Crippen LogP) is 0.520. The van der Waals surface area contributed by atoms with Gasteiger partial charge in [-0.1, -0.05) is 6.92 Å². The summed E-state index contributed by atoms with van der Waals surface area (Å²) in [5.74, 6) is 0. The van der Waals surface area contributed by atoms with Crippen LogP contribution in [-0.2, 0) is 4.74 Å². The third kappa shape index (κ3) is 2.44. The van der Waals surface area contributed by atoms with E-state index in [1.165, 1.54) is 45.4 Å². The number of hydrogen-bond acceptors (Lipinski definition) is 4. The molecule has 4 heteroatoms. The van der Waals surface area contributed by atoms with Gasteiger partial charge in [-0.15, -0.1) is 0 Å². The van der Waals surface area contributed by atoms with E-state index >= 15 is 0 Å². The van der Waals surface area contributed by atoms with E-state index in [1.54, 1.807) is 0 Å². The van der Waals surface area contributed by atoms with Crippen LogP contribution in [0, 0.1) is 5.41 Å². The quantitative estimate of drug-likeness (QED) is 0.796. The van der Waals surface area contributed by atoms with E-state index in [4.69, 9.17) is 10.5 Å². The molecule has 3 unspecified atom stereocenters. The van der Waals surface area contributed by atoms with Crippen LogP contribution in [-0.4, -0.2) is 67.8 Å². The van der Waals surface area contributed by atoms with Crippen molar-refractivity contribution in [2.45, 2.75) is 38.3 Å². The lowest BCUT2D eigenvalue weighted by atomic mass is 9.85. The van der Waals surface area contributed by atoms with Gasteiger partial charge < -0.3 is 15.4 Å². The number of rotatable bonds is 3. The van der Waals surface area contributed by atoms with Gasteiger partial charge in [-0.3, -0.25) is 4.90 Å². The van der Waals surface area contributed by atoms with Crippen LogP contribution in [0.1, 0.15) is 26.2 Å². The molecule has 0 aromatic heterocycles. The van der Waals surface area contributed by atoms with Crippen molar-refractivity contribution in [2.75, 3.05) is 45.9 Å². The number of nitrogens with zero attached hydrogens (tertiary/aromatic N) is 2. The SMILES string of the molecule is CC1(CN2CCC(N3CCCC3)C2)COCC1N. The molecule has 2 N–H and O–H groups in total. The molecule has 3 aliphatic rings. The fourth-order valence-corrected chi connectivity index (χ4v) is 3.76. The molecule has 18 heavy (non-hydrogen) atoms. The van der Waals surface area contributed by atoms with E-state index in [-0.39, 0.29) is 11.5 Å². The minimum Gasteiger partial charge on any atom is -0.379 e. The van der Waals surface area contributed by atoms with Crippen LogP contribution in [0.5, 0.6) is 0 Å². The fourth-order valence-electron chi connectivity index (χ4n) is 3.76. The first-order valence-electron chi connectivity index (χ1n) is 7.47. The summed E-state index contributed by atoms with van der Waals surface area (Å²) in [6.45, 7) is 10.1. The van der Waals surface area contributed by atoms with Gasteiger partial charge in [-0.05, 0) is 38.9 Å². The lowest BCUT2D eigenvalue weighted by molar-refractivity contribution is 0.125. The molecule has 0 saturated carbocycles. The first-order chi connectivity index (χ1) is 8.67. The zero-order chi connectivity index (χ0) is 12.6. The highest BCUT2D eigenvalue weighted by molar-refractivity contribution is 4.95. The number of nitrogens with two attached hydrogens (primary N) is 1. The van der Waals surface area contributed by atoms with Gasteiger partial charge in [0.25, 0.3) is 0 Å². The molecule has 0 aliphatic carbocycles. The molecule has 3 rings (SSSR count). The van der Waals surface area contributed by atoms with E-state index in [9.17, 15) is 0 Å². The highest BCUT2D eigenvalue weighted by Gasteiger charge is 2.41. The van der Waals surface area contributed by atoms with Gasteiger partial charge in [-0.2, -0.15) is 0 Å². The van der Waals surface area contributed by atoms with Crippen molar-refractivity contribution in [3.8, 4) is 0 Å². The maximum atomic E-state index is 6.19. The molecule has 3 fully saturated rings. The Bertz CT molecular complexity index is 293. The monoisotopic (exact) mass is 253 g/mol. The Kier molecular flexibility index (Phi) is 3.63. The molecule has 0 spiro atoms. The van der Waals surface area contributed by atoms with Gasteiger partial charge in [-0.25, -0.2) is 0 Å². The first kappa shape index (κ1) is 12.9. The van der Waals surface area contributed by atoms with Crippen molar-refractivity contribution >= 4 is 0 Å². The maximum absolute atomic E-state index is 6.19. The summed E-state index contributed by atoms with van der Waals surface area (Å²) in [6.07, 6.45) is 4.13. The Labute approximate surface area is 110 Å². The van der Waals surface area contributed by atoms with Gasteiger partial charge in [0, 0.05) is 30.6 Å². The van der Waals surface area contributed by atoms with Gasteiger partial charge in [0.2, 0.25) is 0 Å². The van der Waals surface area contributed by atoms with Crippen LogP contribution in [0.2, 0.25) is 0 Å². The standard InChI is InChI=1S/C14H27N3O/c1-14(11-18-9-13(14)15)10-16-7-4-12(8-16)17-5-2-3-6-17/h12-13H,2-11,15H2,1H3. The average Bonchev–Trinajstić information content (AvgIpc) is 3.02. The summed E-state index contributed by atoms with van der Waals surface area (Å²) < 4.78 is 5.55. The van der Waals surface area contributed by atoms with Crippen molar-refractivity contribution in [2.24, 2.45) is 11.1 Å². The van der Waals surface area contributed by atoms with Gasteiger partial charge in [0.05, 0.1) is 13.2 Å². The fraction of sp³-hybridized carbons (Fsp3) is 1.00. The second-order valence-electron chi connectivity index (χ2n) is 6.70. The van der Waals surface area contributed by atoms with Crippen LogP contribution in [0.25, 0.3) is 0 Å². The lowest BCUT2D eigenvalue weighted by Gasteiger charge is -2.32. The van der Waals surface area contributed by atoms with Crippen LogP contribution >= 0.6 is 0 Å². The lowest BCUT2D eigenvalue weighted by Crippen LogP contribution is -2.47. The molecule has 0 bridgehead atoms. The molecule has 0 aromatic carbocycles. The second-order valence-corrected chi connectivity index (χ2v) is 6.70. The minimum atomic E-state index is 0.167. The van der Waals surface area contributed by atoms with E-state index in [0.29, 0.717) is 0 Å². The Hall–Kier alpha value is -0.160. The van der Waals surface area contributed by atoms with E-state index in [1.807, 2.05) is 0 Å². The molecule has 104 valence electrons. The summed E-state index contributed by atoms with van der Waals surface area (Å²) >= 11 is 0. The smallest absolute Gasteiger partial charge is 0.0624 e. The minimum absolute atomic E-state index is 0.167. The van der Waals surface area contributed by atoms with Gasteiger partial charge >= 0.3 is 0 Å². The molecule has 3 aliphatic heterocycles. The third-order valence-corrected chi connectivity index (χ3v) is 5.11. The Morgan fingerprint density at radius 3 is 2.72 bits per heavy atom. The largest absolute Gasteiger partial charge is 0.379 e. The van der Waals surface area contributed by atoms with Crippen molar-refractivity contribution in [3.05, 3.63) is 0 Å². The van der Waals surface area contributed by atoms with Crippen molar-refractivity contribution in [3.63, 3.8) is 0 Å². The van der Waals surface area contributed by atoms with Gasteiger partial charge in [0.15, 0.2) is 0 Å². The van der Waals surface area contributed by atoms with E-state index in [2.05, 4.69) is 16.7 Å². The van der Waals surface area contributed by atoms with E-state index < -0.39 is 0 Å². The van der Waals surface area contributed by atoms with E-state index in [0.717, 1.165) is 25.8 Å². The Balaban J connectivity index is 1.52. The van der Waals surface area contributed by atoms with Crippen molar-refractivity contribution < 1.29 is 4.74 Å². The highest BCUT2D eigenvalue weighted by Crippen LogP contribution is 2.30. The molecular weight excluding hydrogens is 226 g/mol. The molecule has 0 aromatic rings. The van der Waals surface area contributed by atoms with Crippen LogP contribution in [0.15, 0.2) is 0 Å². The molecule has 0 radical (unpaired) electrons. The molecular formula is C14H27N3O. The molecule has 3 atom stereocenters. The van der Waals surface area contributed by atoms with Crippen LogP contribution in [0.3, 0.4) is 0 Å². The van der Waals surface area contributed by atoms with Crippen molar-refractivity contribution in [1.82, 2.24) is 9.80 Å². The molecule has 3 heterocycles. The third-order valence-electron chi connectivity index (χ3n) is 5.11. The molecule has 4 nitrogen and oxygen atoms in total. The highest BCUT2D eigenvalue weighted by atomic mass is 16.5. The number of hydrogen-bond donors (Lipinski definition) is 1.